The summed E-state index contributed by atoms with van der Waals surface area (Å²) in [5, 5.41) is 13.1. The molecule has 152 valence electrons. The van der Waals surface area contributed by atoms with Crippen LogP contribution >= 0.6 is 11.6 Å². The fraction of sp³-hybridized carbons (Fsp3) is 0.286. The van der Waals surface area contributed by atoms with E-state index in [1.807, 2.05) is 35.0 Å². The van der Waals surface area contributed by atoms with Crippen LogP contribution in [0.5, 0.6) is 0 Å². The van der Waals surface area contributed by atoms with Crippen LogP contribution in [0.1, 0.15) is 31.6 Å². The second kappa shape index (κ2) is 7.53. The molecule has 4 aromatic rings. The SMILES string of the molecule is CCCn1nnc2cc(-c3noc(C4CC(=O)N(c5cccc(Cl)c5)C4)n3)ccc21. The highest BCUT2D eigenvalue weighted by Gasteiger charge is 2.35. The number of benzene rings is 2. The monoisotopic (exact) mass is 422 g/mol. The first kappa shape index (κ1) is 18.7. The average Bonchev–Trinajstić information content (AvgIpc) is 3.46. The number of hydrogen-bond donors (Lipinski definition) is 0. The number of rotatable bonds is 5. The van der Waals surface area contributed by atoms with E-state index in [0.717, 1.165) is 35.2 Å². The van der Waals surface area contributed by atoms with Crippen molar-refractivity contribution in [3.63, 3.8) is 0 Å². The first-order valence-electron chi connectivity index (χ1n) is 9.85. The minimum atomic E-state index is -0.160. The van der Waals surface area contributed by atoms with E-state index in [2.05, 4.69) is 27.4 Å². The smallest absolute Gasteiger partial charge is 0.232 e. The van der Waals surface area contributed by atoms with Crippen molar-refractivity contribution < 1.29 is 9.32 Å². The number of carbonyl (C=O) groups excluding carboxylic acids is 1. The molecule has 1 aliphatic heterocycles. The summed E-state index contributed by atoms with van der Waals surface area (Å²) in [6.45, 7) is 3.40. The fourth-order valence-corrected chi connectivity index (χ4v) is 3.96. The van der Waals surface area contributed by atoms with Gasteiger partial charge in [0.25, 0.3) is 0 Å². The molecule has 0 spiro atoms. The zero-order chi connectivity index (χ0) is 20.7. The number of aryl methyl sites for hydroxylation is 1. The van der Waals surface area contributed by atoms with Crippen molar-refractivity contribution in [1.29, 1.82) is 0 Å². The zero-order valence-corrected chi connectivity index (χ0v) is 17.1. The molecule has 8 nitrogen and oxygen atoms in total. The van der Waals surface area contributed by atoms with Crippen molar-refractivity contribution in [2.75, 3.05) is 11.4 Å². The predicted octanol–water partition coefficient (Wildman–Crippen LogP) is 4.07. The van der Waals surface area contributed by atoms with E-state index in [4.69, 9.17) is 16.1 Å². The van der Waals surface area contributed by atoms with Gasteiger partial charge in [0.2, 0.25) is 17.6 Å². The Labute approximate surface area is 177 Å². The van der Waals surface area contributed by atoms with Gasteiger partial charge < -0.3 is 9.42 Å². The van der Waals surface area contributed by atoms with Gasteiger partial charge in [-0.2, -0.15) is 4.98 Å². The number of fused-ring (bicyclic) bond motifs is 1. The molecule has 0 bridgehead atoms. The van der Waals surface area contributed by atoms with E-state index < -0.39 is 0 Å². The molecule has 1 unspecified atom stereocenters. The maximum atomic E-state index is 12.5. The molecule has 1 aliphatic rings. The molecule has 0 N–H and O–H groups in total. The summed E-state index contributed by atoms with van der Waals surface area (Å²) in [5.41, 5.74) is 3.34. The maximum Gasteiger partial charge on any atom is 0.232 e. The maximum absolute atomic E-state index is 12.5. The Morgan fingerprint density at radius 3 is 2.97 bits per heavy atom. The largest absolute Gasteiger partial charge is 0.339 e. The molecule has 2 aromatic carbocycles. The quantitative estimate of drug-likeness (QED) is 0.481. The van der Waals surface area contributed by atoms with Crippen LogP contribution in [0, 0.1) is 0 Å². The highest BCUT2D eigenvalue weighted by Crippen LogP contribution is 2.33. The van der Waals surface area contributed by atoms with Gasteiger partial charge in [-0.05, 0) is 42.8 Å². The first-order valence-corrected chi connectivity index (χ1v) is 10.2. The number of anilines is 1. The molecule has 2 aromatic heterocycles. The van der Waals surface area contributed by atoms with E-state index >= 15 is 0 Å². The van der Waals surface area contributed by atoms with Gasteiger partial charge in [0.15, 0.2) is 0 Å². The number of amides is 1. The Bertz CT molecular complexity index is 1230. The lowest BCUT2D eigenvalue weighted by molar-refractivity contribution is -0.117. The van der Waals surface area contributed by atoms with Crippen LogP contribution in [0.15, 0.2) is 47.0 Å². The molecule has 3 heterocycles. The minimum absolute atomic E-state index is 0.0102. The highest BCUT2D eigenvalue weighted by atomic mass is 35.5. The highest BCUT2D eigenvalue weighted by molar-refractivity contribution is 6.30. The topological polar surface area (TPSA) is 89.9 Å². The molecule has 1 atom stereocenters. The number of aromatic nitrogens is 5. The normalized spacial score (nSPS) is 16.7. The van der Waals surface area contributed by atoms with Gasteiger partial charge in [-0.1, -0.05) is 35.0 Å². The van der Waals surface area contributed by atoms with Gasteiger partial charge in [-0.25, -0.2) is 4.68 Å². The summed E-state index contributed by atoms with van der Waals surface area (Å²) in [7, 11) is 0. The third-order valence-corrected chi connectivity index (χ3v) is 5.48. The Morgan fingerprint density at radius 2 is 2.13 bits per heavy atom. The van der Waals surface area contributed by atoms with Gasteiger partial charge in [0.05, 0.1) is 11.4 Å². The lowest BCUT2D eigenvalue weighted by atomic mass is 10.1. The second-order valence-corrected chi connectivity index (χ2v) is 7.79. The molecule has 1 saturated heterocycles. The summed E-state index contributed by atoms with van der Waals surface area (Å²) in [6, 6.07) is 13.1. The zero-order valence-electron chi connectivity index (χ0n) is 16.3. The molecule has 9 heteroatoms. The molecule has 30 heavy (non-hydrogen) atoms. The van der Waals surface area contributed by atoms with E-state index in [0.29, 0.717) is 29.7 Å². The van der Waals surface area contributed by atoms with E-state index in [-0.39, 0.29) is 11.8 Å². The van der Waals surface area contributed by atoms with Crippen LogP contribution in [0.4, 0.5) is 5.69 Å². The van der Waals surface area contributed by atoms with Crippen molar-refractivity contribution in [2.45, 2.75) is 32.2 Å². The van der Waals surface area contributed by atoms with Crippen molar-refractivity contribution in [3.8, 4) is 11.4 Å². The minimum Gasteiger partial charge on any atom is -0.339 e. The Morgan fingerprint density at radius 1 is 1.23 bits per heavy atom. The van der Waals surface area contributed by atoms with Crippen LogP contribution in [0.25, 0.3) is 22.4 Å². The first-order chi connectivity index (χ1) is 14.6. The summed E-state index contributed by atoms with van der Waals surface area (Å²) in [5.74, 6) is 0.783. The van der Waals surface area contributed by atoms with E-state index in [1.165, 1.54) is 0 Å². The molecular weight excluding hydrogens is 404 g/mol. The lowest BCUT2D eigenvalue weighted by Gasteiger charge is -2.16. The van der Waals surface area contributed by atoms with Crippen molar-refractivity contribution in [1.82, 2.24) is 25.1 Å². The molecule has 5 rings (SSSR count). The summed E-state index contributed by atoms with van der Waals surface area (Å²) >= 11 is 6.07. The summed E-state index contributed by atoms with van der Waals surface area (Å²) in [4.78, 5) is 18.8. The van der Waals surface area contributed by atoms with E-state index in [1.54, 1.807) is 17.0 Å². The summed E-state index contributed by atoms with van der Waals surface area (Å²) < 4.78 is 7.39. The van der Waals surface area contributed by atoms with Gasteiger partial charge in [-0.3, -0.25) is 4.79 Å². The molecule has 0 radical (unpaired) electrons. The lowest BCUT2D eigenvalue weighted by Crippen LogP contribution is -2.24. The van der Waals surface area contributed by atoms with Crippen molar-refractivity contribution in [2.24, 2.45) is 0 Å². The van der Waals surface area contributed by atoms with E-state index in [9.17, 15) is 4.79 Å². The Kier molecular flexibility index (Phi) is 4.71. The Balaban J connectivity index is 1.38. The number of halogens is 1. The molecule has 0 aliphatic carbocycles. The van der Waals surface area contributed by atoms with Crippen molar-refractivity contribution >= 4 is 34.2 Å². The Hall–Kier alpha value is -3.26. The fourth-order valence-electron chi connectivity index (χ4n) is 3.77. The number of nitrogens with zero attached hydrogens (tertiary/aromatic N) is 6. The standard InChI is InChI=1S/C21H19ClN6O2/c1-2-8-28-18-7-6-13(9-17(18)24-26-28)20-23-21(30-25-20)14-10-19(29)27(12-14)16-5-3-4-15(22)11-16/h3-7,9,11,14H,2,8,10,12H2,1H3. The number of hydrogen-bond acceptors (Lipinski definition) is 6. The third-order valence-electron chi connectivity index (χ3n) is 5.24. The van der Waals surface area contributed by atoms with Crippen LogP contribution in [0.2, 0.25) is 5.02 Å². The molecular formula is C21H19ClN6O2. The van der Waals surface area contributed by atoms with Crippen LogP contribution in [0.3, 0.4) is 0 Å². The summed E-state index contributed by atoms with van der Waals surface area (Å²) in [6.07, 6.45) is 1.30. The molecule has 1 fully saturated rings. The van der Waals surface area contributed by atoms with Crippen LogP contribution in [-0.4, -0.2) is 37.6 Å². The van der Waals surface area contributed by atoms with Gasteiger partial charge >= 0.3 is 0 Å². The van der Waals surface area contributed by atoms with Crippen LogP contribution < -0.4 is 4.90 Å². The van der Waals surface area contributed by atoms with Crippen molar-refractivity contribution in [3.05, 3.63) is 53.4 Å². The molecule has 1 amide bonds. The predicted molar refractivity (Wildman–Crippen MR) is 112 cm³/mol. The second-order valence-electron chi connectivity index (χ2n) is 7.36. The van der Waals surface area contributed by atoms with Crippen LogP contribution in [-0.2, 0) is 11.3 Å². The van der Waals surface area contributed by atoms with Gasteiger partial charge in [0, 0.05) is 35.8 Å². The molecule has 0 saturated carbocycles. The number of carbonyl (C=O) groups is 1. The third kappa shape index (κ3) is 3.33. The average molecular weight is 423 g/mol. The van der Waals surface area contributed by atoms with Gasteiger partial charge in [-0.15, -0.1) is 5.10 Å². The van der Waals surface area contributed by atoms with Gasteiger partial charge in [0.1, 0.15) is 5.52 Å².